The molecule has 1 aromatic carbocycles. The van der Waals surface area contributed by atoms with E-state index in [4.69, 9.17) is 0 Å². The summed E-state index contributed by atoms with van der Waals surface area (Å²) in [7, 11) is 1.94. The Balaban J connectivity index is 0.00000289. The molecule has 0 bridgehead atoms. The van der Waals surface area contributed by atoms with Crippen molar-refractivity contribution in [2.24, 2.45) is 5.92 Å². The predicted octanol–water partition coefficient (Wildman–Crippen LogP) is 3.20. The van der Waals surface area contributed by atoms with Gasteiger partial charge in [-0.3, -0.25) is 4.79 Å². The zero-order valence-electron chi connectivity index (χ0n) is 11.1. The molecule has 0 aromatic heterocycles. The molecule has 0 fully saturated rings. The van der Waals surface area contributed by atoms with Crippen molar-refractivity contribution in [3.63, 3.8) is 0 Å². The zero-order valence-corrected chi connectivity index (χ0v) is 11.1. The van der Waals surface area contributed by atoms with Gasteiger partial charge in [-0.2, -0.15) is 0 Å². The molecule has 0 aliphatic heterocycles. The van der Waals surface area contributed by atoms with E-state index in [9.17, 15) is 4.79 Å². The molecule has 96 valence electrons. The van der Waals surface area contributed by atoms with Crippen molar-refractivity contribution in [3.8, 4) is 0 Å². The molecule has 1 N–H and O–H groups in total. The number of ketones is 1. The van der Waals surface area contributed by atoms with Crippen LogP contribution in [-0.4, -0.2) is 12.8 Å². The highest BCUT2D eigenvalue weighted by Gasteiger charge is 2.10. The van der Waals surface area contributed by atoms with E-state index >= 15 is 0 Å². The monoisotopic (exact) mass is 235 g/mol. The van der Waals surface area contributed by atoms with Gasteiger partial charge in [-0.25, -0.2) is 0 Å². The van der Waals surface area contributed by atoms with Gasteiger partial charge in [0.25, 0.3) is 0 Å². The summed E-state index contributed by atoms with van der Waals surface area (Å²) in [5.74, 6) is 0.585. The smallest absolute Gasteiger partial charge is 0.136 e. The summed E-state index contributed by atoms with van der Waals surface area (Å²) in [6, 6.07) is 8.45. The lowest BCUT2D eigenvalue weighted by atomic mass is 9.97. The normalized spacial score (nSPS) is 12.4. The Morgan fingerprint density at radius 3 is 2.76 bits per heavy atom. The van der Waals surface area contributed by atoms with E-state index in [1.807, 2.05) is 14.0 Å². The molecule has 0 aliphatic rings. The highest BCUT2D eigenvalue weighted by atomic mass is 16.1. The van der Waals surface area contributed by atoms with Gasteiger partial charge in [-0.1, -0.05) is 38.1 Å². The Labute approximate surface area is 106 Å². The van der Waals surface area contributed by atoms with Gasteiger partial charge in [0.2, 0.25) is 0 Å². The molecule has 2 heteroatoms. The van der Waals surface area contributed by atoms with Gasteiger partial charge < -0.3 is 5.32 Å². The van der Waals surface area contributed by atoms with Crippen LogP contribution in [0.25, 0.3) is 0 Å². The van der Waals surface area contributed by atoms with Crippen molar-refractivity contribution in [1.82, 2.24) is 5.32 Å². The molecular formula is C15H25NO. The first kappa shape index (κ1) is 13.9. The second-order valence-electron chi connectivity index (χ2n) is 4.63. The molecule has 0 radical (unpaired) electrons. The molecule has 0 heterocycles. The maximum atomic E-state index is 11.7. The molecule has 1 unspecified atom stereocenters. The molecule has 0 saturated carbocycles. The number of rotatable bonds is 7. The first-order valence-electron chi connectivity index (χ1n) is 6.42. The van der Waals surface area contributed by atoms with Crippen molar-refractivity contribution in [1.29, 1.82) is 0 Å². The Hall–Kier alpha value is -1.15. The maximum absolute atomic E-state index is 11.7. The van der Waals surface area contributed by atoms with Crippen LogP contribution in [0.3, 0.4) is 0 Å². The molecule has 2 nitrogen and oxygen atoms in total. The quantitative estimate of drug-likeness (QED) is 0.786. The number of nitrogens with one attached hydrogen (secondary N) is 1. The minimum Gasteiger partial charge on any atom is -0.316 e. The van der Waals surface area contributed by atoms with Crippen molar-refractivity contribution in [2.75, 3.05) is 7.05 Å². The fraction of sp³-hybridized carbons (Fsp3) is 0.533. The van der Waals surface area contributed by atoms with Crippen LogP contribution in [0.1, 0.15) is 39.2 Å². The van der Waals surface area contributed by atoms with Crippen molar-refractivity contribution >= 4 is 5.78 Å². The summed E-state index contributed by atoms with van der Waals surface area (Å²) in [6.07, 6.45) is 2.47. The Kier molecular flexibility index (Phi) is 5.92. The van der Waals surface area contributed by atoms with Crippen LogP contribution in [0.5, 0.6) is 0 Å². The van der Waals surface area contributed by atoms with Gasteiger partial charge in [-0.05, 0) is 31.0 Å². The third-order valence-electron chi connectivity index (χ3n) is 3.19. The summed E-state index contributed by atoms with van der Waals surface area (Å²) in [5.41, 5.74) is 2.54. The molecule has 0 amide bonds. The van der Waals surface area contributed by atoms with E-state index in [2.05, 4.69) is 36.5 Å². The Morgan fingerprint density at radius 1 is 1.41 bits per heavy atom. The molecule has 0 spiro atoms. The zero-order chi connectivity index (χ0) is 12.7. The van der Waals surface area contributed by atoms with Crippen LogP contribution in [0.15, 0.2) is 24.3 Å². The van der Waals surface area contributed by atoms with Crippen LogP contribution in [-0.2, 0) is 17.8 Å². The van der Waals surface area contributed by atoms with Crippen molar-refractivity contribution in [3.05, 3.63) is 35.4 Å². The summed E-state index contributed by atoms with van der Waals surface area (Å²) in [4.78, 5) is 11.7. The average Bonchev–Trinajstić information content (AvgIpc) is 2.36. The minimum absolute atomic E-state index is 0. The van der Waals surface area contributed by atoms with Crippen LogP contribution < -0.4 is 5.32 Å². The van der Waals surface area contributed by atoms with Crippen molar-refractivity contribution < 1.29 is 6.22 Å². The number of aryl methyl sites for hydroxylation is 1. The number of hydrogen-bond acceptors (Lipinski definition) is 2. The van der Waals surface area contributed by atoms with E-state index in [0.717, 1.165) is 19.4 Å². The molecule has 1 rings (SSSR count). The lowest BCUT2D eigenvalue weighted by Gasteiger charge is -2.08. The third kappa shape index (κ3) is 4.70. The fourth-order valence-electron chi connectivity index (χ4n) is 1.84. The Morgan fingerprint density at radius 2 is 2.12 bits per heavy atom. The van der Waals surface area contributed by atoms with E-state index in [0.29, 0.717) is 12.2 Å². The minimum atomic E-state index is 0. The topological polar surface area (TPSA) is 29.1 Å². The molecule has 17 heavy (non-hydrogen) atoms. The van der Waals surface area contributed by atoms with Crippen LogP contribution in [0.4, 0.5) is 0 Å². The Bertz CT molecular complexity index is 365. The lowest BCUT2D eigenvalue weighted by Crippen LogP contribution is -2.11. The highest BCUT2D eigenvalue weighted by molar-refractivity contribution is 5.80. The summed E-state index contributed by atoms with van der Waals surface area (Å²) in [5, 5.41) is 3.14. The number of carbonyl (C=O) groups excluding carboxylic acids is 1. The molecule has 0 aliphatic carbocycles. The summed E-state index contributed by atoms with van der Waals surface area (Å²) in [6.45, 7) is 4.96. The van der Waals surface area contributed by atoms with Gasteiger partial charge >= 0.3 is 0 Å². The van der Waals surface area contributed by atoms with Crippen molar-refractivity contribution in [2.45, 2.75) is 39.7 Å². The van der Waals surface area contributed by atoms with E-state index in [1.54, 1.807) is 0 Å². The molecule has 1 aromatic rings. The first-order chi connectivity index (χ1) is 8.17. The lowest BCUT2D eigenvalue weighted by molar-refractivity contribution is -0.122. The number of Topliss-reactive ketones (excluding diaryl/α,β-unsaturated/α-hetero) is 1. The van der Waals surface area contributed by atoms with Gasteiger partial charge in [0.1, 0.15) is 5.78 Å². The number of carbonyl (C=O) groups is 1. The standard InChI is InChI=1S/C15H23NO.H2/c1-4-12(2)15(17)9-8-13-6-5-7-14(10-13)11-16-3;/h5-7,10,12,16H,4,8-9,11H2,1-3H3;1H. The highest BCUT2D eigenvalue weighted by Crippen LogP contribution is 2.11. The number of benzene rings is 1. The molecule has 0 saturated heterocycles. The fourth-order valence-corrected chi connectivity index (χ4v) is 1.84. The second kappa shape index (κ2) is 7.23. The van der Waals surface area contributed by atoms with E-state index in [1.165, 1.54) is 11.1 Å². The van der Waals surface area contributed by atoms with E-state index < -0.39 is 0 Å². The molecule has 1 atom stereocenters. The maximum Gasteiger partial charge on any atom is 0.136 e. The van der Waals surface area contributed by atoms with Crippen LogP contribution in [0.2, 0.25) is 0 Å². The first-order valence-corrected chi connectivity index (χ1v) is 6.42. The van der Waals surface area contributed by atoms with Crippen LogP contribution in [0, 0.1) is 5.92 Å². The summed E-state index contributed by atoms with van der Waals surface area (Å²) < 4.78 is 0. The van der Waals surface area contributed by atoms with Gasteiger partial charge in [0.15, 0.2) is 0 Å². The third-order valence-corrected chi connectivity index (χ3v) is 3.19. The van der Waals surface area contributed by atoms with Crippen LogP contribution >= 0.6 is 0 Å². The average molecular weight is 235 g/mol. The largest absolute Gasteiger partial charge is 0.316 e. The predicted molar refractivity (Wildman–Crippen MR) is 74.1 cm³/mol. The number of hydrogen-bond donors (Lipinski definition) is 1. The van der Waals surface area contributed by atoms with E-state index in [-0.39, 0.29) is 7.34 Å². The van der Waals surface area contributed by atoms with Gasteiger partial charge in [0, 0.05) is 20.3 Å². The molecular weight excluding hydrogens is 210 g/mol. The second-order valence-corrected chi connectivity index (χ2v) is 4.63. The summed E-state index contributed by atoms with van der Waals surface area (Å²) >= 11 is 0. The van der Waals surface area contributed by atoms with Gasteiger partial charge in [0.05, 0.1) is 0 Å². The van der Waals surface area contributed by atoms with Gasteiger partial charge in [-0.15, -0.1) is 0 Å². The SMILES string of the molecule is CCC(C)C(=O)CCc1cccc(CNC)c1.[HH].